The summed E-state index contributed by atoms with van der Waals surface area (Å²) in [6.45, 7) is 0.537. The first-order valence-corrected chi connectivity index (χ1v) is 8.91. The van der Waals surface area contributed by atoms with Crippen LogP contribution in [0.4, 0.5) is 0 Å². The Kier molecular flexibility index (Phi) is 4.59. The van der Waals surface area contributed by atoms with Crippen LogP contribution in [-0.4, -0.2) is 50.8 Å². The van der Waals surface area contributed by atoms with Gasteiger partial charge in [0.25, 0.3) is 0 Å². The van der Waals surface area contributed by atoms with E-state index >= 15 is 0 Å². The molecule has 0 heterocycles. The third-order valence-electron chi connectivity index (χ3n) is 4.25. The van der Waals surface area contributed by atoms with Gasteiger partial charge in [-0.2, -0.15) is 4.31 Å². The summed E-state index contributed by atoms with van der Waals surface area (Å²) in [7, 11) is 2.29. The summed E-state index contributed by atoms with van der Waals surface area (Å²) in [4.78, 5) is 2.49. The van der Waals surface area contributed by atoms with Crippen molar-refractivity contribution in [1.82, 2.24) is 9.21 Å². The lowest BCUT2D eigenvalue weighted by Crippen LogP contribution is -2.57. The van der Waals surface area contributed by atoms with Crippen LogP contribution in [0.25, 0.3) is 0 Å². The second-order valence-corrected chi connectivity index (χ2v) is 8.65. The van der Waals surface area contributed by atoms with Crippen molar-refractivity contribution in [2.75, 3.05) is 27.7 Å². The minimum Gasteiger partial charge on any atom is -0.302 e. The zero-order valence-electron chi connectivity index (χ0n) is 12.1. The summed E-state index contributed by atoms with van der Waals surface area (Å²) < 4.78 is 27.5. The first kappa shape index (κ1) is 15.9. The molecule has 20 heavy (non-hydrogen) atoms. The largest absolute Gasteiger partial charge is 0.302 e. The Hall–Kier alpha value is -0.430. The van der Waals surface area contributed by atoms with Gasteiger partial charge in [0.15, 0.2) is 0 Å². The Balaban J connectivity index is 2.22. The van der Waals surface area contributed by atoms with Crippen molar-refractivity contribution in [1.29, 1.82) is 0 Å². The third-order valence-corrected chi connectivity index (χ3v) is 6.55. The molecule has 0 spiro atoms. The zero-order chi connectivity index (χ0) is 15.0. The summed E-state index contributed by atoms with van der Waals surface area (Å²) in [6, 6.07) is 6.86. The quantitative estimate of drug-likeness (QED) is 0.809. The highest BCUT2D eigenvalue weighted by atomic mass is 79.9. The van der Waals surface area contributed by atoms with Gasteiger partial charge < -0.3 is 4.90 Å². The number of rotatable bonds is 5. The molecule has 1 aliphatic rings. The maximum absolute atomic E-state index is 12.6. The minimum atomic E-state index is -3.43. The molecule has 0 amide bonds. The van der Waals surface area contributed by atoms with Gasteiger partial charge in [0.05, 0.1) is 4.90 Å². The van der Waals surface area contributed by atoms with E-state index in [1.807, 2.05) is 20.2 Å². The van der Waals surface area contributed by atoms with E-state index in [2.05, 4.69) is 20.8 Å². The van der Waals surface area contributed by atoms with Crippen LogP contribution in [0.15, 0.2) is 33.6 Å². The predicted molar refractivity (Wildman–Crippen MR) is 84.2 cm³/mol. The van der Waals surface area contributed by atoms with E-state index in [0.717, 1.165) is 17.3 Å². The number of sulfonamides is 1. The molecule has 1 saturated carbocycles. The molecule has 0 saturated heterocycles. The van der Waals surface area contributed by atoms with Crippen molar-refractivity contribution in [3.63, 3.8) is 0 Å². The summed E-state index contributed by atoms with van der Waals surface area (Å²) in [5.74, 6) is 0. The number of hydrogen-bond donors (Lipinski definition) is 0. The van der Waals surface area contributed by atoms with Crippen LogP contribution >= 0.6 is 15.9 Å². The molecular weight excluding hydrogens is 340 g/mol. The monoisotopic (exact) mass is 360 g/mol. The van der Waals surface area contributed by atoms with Gasteiger partial charge in [0.1, 0.15) is 0 Å². The van der Waals surface area contributed by atoms with Crippen molar-refractivity contribution < 1.29 is 8.42 Å². The van der Waals surface area contributed by atoms with Crippen LogP contribution in [0, 0.1) is 0 Å². The molecule has 1 aromatic rings. The summed E-state index contributed by atoms with van der Waals surface area (Å²) in [5, 5.41) is 0. The zero-order valence-corrected chi connectivity index (χ0v) is 14.5. The van der Waals surface area contributed by atoms with Crippen LogP contribution in [0.5, 0.6) is 0 Å². The molecule has 6 heteroatoms. The number of nitrogens with zero attached hydrogens (tertiary/aromatic N) is 2. The normalized spacial score (nSPS) is 18.3. The van der Waals surface area contributed by atoms with Gasteiger partial charge in [0, 0.05) is 23.6 Å². The second kappa shape index (κ2) is 5.75. The van der Waals surface area contributed by atoms with E-state index < -0.39 is 10.0 Å². The van der Waals surface area contributed by atoms with Crippen LogP contribution in [-0.2, 0) is 10.0 Å². The molecule has 1 aliphatic carbocycles. The molecule has 4 nitrogen and oxygen atoms in total. The fraction of sp³-hybridized carbons (Fsp3) is 0.571. The highest BCUT2D eigenvalue weighted by Crippen LogP contribution is 2.37. The van der Waals surface area contributed by atoms with Crippen LogP contribution in [0.1, 0.15) is 19.3 Å². The van der Waals surface area contributed by atoms with Crippen molar-refractivity contribution in [2.24, 2.45) is 0 Å². The topological polar surface area (TPSA) is 40.6 Å². The molecular formula is C14H21BrN2O2S. The van der Waals surface area contributed by atoms with E-state index in [0.29, 0.717) is 11.4 Å². The fourth-order valence-electron chi connectivity index (χ4n) is 2.64. The maximum Gasteiger partial charge on any atom is 0.242 e. The maximum atomic E-state index is 12.6. The number of likely N-dealkylation sites (N-methyl/N-ethyl adjacent to an activating group) is 2. The lowest BCUT2D eigenvalue weighted by Gasteiger charge is -2.48. The highest BCUT2D eigenvalue weighted by Gasteiger charge is 2.42. The molecule has 1 aromatic carbocycles. The van der Waals surface area contributed by atoms with Gasteiger partial charge in [0.2, 0.25) is 10.0 Å². The number of benzene rings is 1. The average Bonchev–Trinajstić information content (AvgIpc) is 2.32. The number of hydrogen-bond acceptors (Lipinski definition) is 3. The second-order valence-electron chi connectivity index (χ2n) is 5.69. The minimum absolute atomic E-state index is 0.00612. The fourth-order valence-corrected chi connectivity index (χ4v) is 4.49. The van der Waals surface area contributed by atoms with Gasteiger partial charge in [-0.05, 0) is 51.6 Å². The van der Waals surface area contributed by atoms with E-state index in [-0.39, 0.29) is 5.54 Å². The van der Waals surface area contributed by atoms with E-state index in [1.165, 1.54) is 10.7 Å². The van der Waals surface area contributed by atoms with E-state index in [1.54, 1.807) is 25.2 Å². The molecule has 0 aromatic heterocycles. The highest BCUT2D eigenvalue weighted by molar-refractivity contribution is 9.10. The standard InChI is InChI=1S/C14H21BrN2O2S/c1-16(2)14(8-5-9-14)11-17(3)20(18,19)13-7-4-6-12(15)10-13/h4,6-7,10H,5,8-9,11H2,1-3H3. The molecule has 0 N–H and O–H groups in total. The Labute approximate surface area is 129 Å². The lowest BCUT2D eigenvalue weighted by molar-refractivity contribution is 0.0455. The van der Waals surface area contributed by atoms with Crippen LogP contribution in [0.3, 0.4) is 0 Å². The van der Waals surface area contributed by atoms with Gasteiger partial charge in [-0.15, -0.1) is 0 Å². The van der Waals surface area contributed by atoms with Gasteiger partial charge in [-0.3, -0.25) is 0 Å². The molecule has 0 aliphatic heterocycles. The predicted octanol–water partition coefficient (Wildman–Crippen LogP) is 2.55. The molecule has 2 rings (SSSR count). The smallest absolute Gasteiger partial charge is 0.242 e. The molecule has 0 bridgehead atoms. The molecule has 0 radical (unpaired) electrons. The molecule has 0 atom stereocenters. The molecule has 112 valence electrons. The number of halogens is 1. The van der Waals surface area contributed by atoms with Gasteiger partial charge in [-0.25, -0.2) is 8.42 Å². The van der Waals surface area contributed by atoms with Crippen molar-refractivity contribution in [3.05, 3.63) is 28.7 Å². The summed E-state index contributed by atoms with van der Waals surface area (Å²) in [6.07, 6.45) is 3.28. The lowest BCUT2D eigenvalue weighted by atomic mass is 9.75. The van der Waals surface area contributed by atoms with Crippen LogP contribution < -0.4 is 0 Å². The Morgan fingerprint density at radius 3 is 2.35 bits per heavy atom. The van der Waals surface area contributed by atoms with Gasteiger partial charge in [-0.1, -0.05) is 22.0 Å². The Morgan fingerprint density at radius 1 is 1.25 bits per heavy atom. The molecule has 0 unspecified atom stereocenters. The van der Waals surface area contributed by atoms with E-state index in [4.69, 9.17) is 0 Å². The Morgan fingerprint density at radius 2 is 1.90 bits per heavy atom. The van der Waals surface area contributed by atoms with Crippen LogP contribution in [0.2, 0.25) is 0 Å². The third kappa shape index (κ3) is 2.93. The van der Waals surface area contributed by atoms with Gasteiger partial charge >= 0.3 is 0 Å². The first-order chi connectivity index (χ1) is 9.28. The van der Waals surface area contributed by atoms with Crippen molar-refractivity contribution in [2.45, 2.75) is 29.7 Å². The SMILES string of the molecule is CN(C)C1(CN(C)S(=O)(=O)c2cccc(Br)c2)CCC1. The summed E-state index contributed by atoms with van der Waals surface area (Å²) in [5.41, 5.74) is -0.00612. The first-order valence-electron chi connectivity index (χ1n) is 6.67. The van der Waals surface area contributed by atoms with Crippen molar-refractivity contribution >= 4 is 26.0 Å². The summed E-state index contributed by atoms with van der Waals surface area (Å²) >= 11 is 3.32. The molecule has 1 fully saturated rings. The van der Waals surface area contributed by atoms with Crippen molar-refractivity contribution in [3.8, 4) is 0 Å². The van der Waals surface area contributed by atoms with E-state index in [9.17, 15) is 8.42 Å². The average molecular weight is 361 g/mol. The Bertz CT molecular complexity index is 583.